The number of carbonyl (C=O) groups is 1. The molecule has 3 aromatic rings. The second-order valence-corrected chi connectivity index (χ2v) is 5.09. The van der Waals surface area contributed by atoms with Crippen LogP contribution in [0.1, 0.15) is 34.2 Å². The van der Waals surface area contributed by atoms with Crippen molar-refractivity contribution in [3.8, 4) is 0 Å². The number of benzene rings is 1. The van der Waals surface area contributed by atoms with E-state index >= 15 is 0 Å². The average Bonchev–Trinajstić information content (AvgIpc) is 3.06. The fraction of sp³-hybridized carbons (Fsp3) is 0.118. The molecule has 0 amide bonds. The summed E-state index contributed by atoms with van der Waals surface area (Å²) in [5, 5.41) is 10.7. The quantitative estimate of drug-likeness (QED) is 0.748. The smallest absolute Gasteiger partial charge is 0.231 e. The second-order valence-electron chi connectivity index (χ2n) is 5.09. The van der Waals surface area contributed by atoms with Gasteiger partial charge in [-0.15, -0.1) is 0 Å². The lowest BCUT2D eigenvalue weighted by atomic mass is 9.90. The van der Waals surface area contributed by atoms with Gasteiger partial charge in [0, 0.05) is 18.0 Å². The zero-order valence-electron chi connectivity index (χ0n) is 11.9. The maximum Gasteiger partial charge on any atom is 0.231 e. The highest BCUT2D eigenvalue weighted by molar-refractivity contribution is 6.06. The van der Waals surface area contributed by atoms with E-state index in [4.69, 9.17) is 4.42 Å². The first kappa shape index (κ1) is 14.2. The SMILES string of the molecule is C[C@@](O)(c1ccccc1)c1coc(C(=O)c2cncnc2)c1. The monoisotopic (exact) mass is 294 g/mol. The molecule has 0 saturated heterocycles. The lowest BCUT2D eigenvalue weighted by Crippen LogP contribution is -2.21. The van der Waals surface area contributed by atoms with Gasteiger partial charge in [0.1, 0.15) is 11.9 Å². The number of carbonyl (C=O) groups excluding carboxylic acids is 1. The molecule has 1 aromatic carbocycles. The summed E-state index contributed by atoms with van der Waals surface area (Å²) in [6.45, 7) is 1.66. The van der Waals surface area contributed by atoms with Gasteiger partial charge in [0.25, 0.3) is 0 Å². The van der Waals surface area contributed by atoms with Crippen molar-refractivity contribution in [3.63, 3.8) is 0 Å². The Morgan fingerprint density at radius 1 is 1.14 bits per heavy atom. The first-order chi connectivity index (χ1) is 10.6. The third-order valence-electron chi connectivity index (χ3n) is 3.54. The molecular formula is C17H14N2O3. The van der Waals surface area contributed by atoms with Crippen LogP contribution < -0.4 is 0 Å². The van der Waals surface area contributed by atoms with Crippen molar-refractivity contribution >= 4 is 5.78 Å². The highest BCUT2D eigenvalue weighted by atomic mass is 16.3. The largest absolute Gasteiger partial charge is 0.460 e. The molecule has 0 fully saturated rings. The van der Waals surface area contributed by atoms with E-state index in [1.54, 1.807) is 13.0 Å². The minimum Gasteiger partial charge on any atom is -0.460 e. The zero-order chi connectivity index (χ0) is 15.6. The van der Waals surface area contributed by atoms with E-state index in [-0.39, 0.29) is 11.5 Å². The maximum atomic E-state index is 12.3. The van der Waals surface area contributed by atoms with Gasteiger partial charge < -0.3 is 9.52 Å². The molecule has 0 saturated carbocycles. The summed E-state index contributed by atoms with van der Waals surface area (Å²) >= 11 is 0. The van der Waals surface area contributed by atoms with E-state index in [9.17, 15) is 9.90 Å². The Labute approximate surface area is 127 Å². The molecular weight excluding hydrogens is 280 g/mol. The highest BCUT2D eigenvalue weighted by Crippen LogP contribution is 2.30. The van der Waals surface area contributed by atoms with Crippen LogP contribution in [0.5, 0.6) is 0 Å². The number of hydrogen-bond donors (Lipinski definition) is 1. The maximum absolute atomic E-state index is 12.3. The minimum atomic E-state index is -1.24. The van der Waals surface area contributed by atoms with Gasteiger partial charge in [-0.3, -0.25) is 4.79 Å². The van der Waals surface area contributed by atoms with E-state index in [0.717, 1.165) is 5.56 Å². The van der Waals surface area contributed by atoms with Gasteiger partial charge in [0.2, 0.25) is 5.78 Å². The molecule has 110 valence electrons. The van der Waals surface area contributed by atoms with Crippen molar-refractivity contribution in [2.75, 3.05) is 0 Å². The van der Waals surface area contributed by atoms with Crippen LogP contribution in [0, 0.1) is 0 Å². The predicted octanol–water partition coefficient (Wildman–Crippen LogP) is 2.56. The fourth-order valence-corrected chi connectivity index (χ4v) is 2.20. The molecule has 5 nitrogen and oxygen atoms in total. The number of rotatable bonds is 4. The normalized spacial score (nSPS) is 13.5. The van der Waals surface area contributed by atoms with Crippen molar-refractivity contribution in [1.29, 1.82) is 0 Å². The van der Waals surface area contributed by atoms with E-state index < -0.39 is 5.60 Å². The highest BCUT2D eigenvalue weighted by Gasteiger charge is 2.28. The molecule has 5 heteroatoms. The summed E-state index contributed by atoms with van der Waals surface area (Å²) in [4.78, 5) is 19.9. The van der Waals surface area contributed by atoms with Crippen molar-refractivity contribution < 1.29 is 14.3 Å². The molecule has 0 unspecified atom stereocenters. The van der Waals surface area contributed by atoms with Gasteiger partial charge in [-0.05, 0) is 18.6 Å². The summed E-state index contributed by atoms with van der Waals surface area (Å²) in [7, 11) is 0. The Bertz CT molecular complexity index is 780. The van der Waals surface area contributed by atoms with Crippen LogP contribution in [0.4, 0.5) is 0 Å². The van der Waals surface area contributed by atoms with Crippen LogP contribution in [0.3, 0.4) is 0 Å². The van der Waals surface area contributed by atoms with Crippen LogP contribution in [0.2, 0.25) is 0 Å². The average molecular weight is 294 g/mol. The molecule has 0 spiro atoms. The van der Waals surface area contributed by atoms with Gasteiger partial charge in [0.05, 0.1) is 11.8 Å². The Morgan fingerprint density at radius 3 is 2.50 bits per heavy atom. The van der Waals surface area contributed by atoms with Gasteiger partial charge in [0.15, 0.2) is 5.76 Å². The van der Waals surface area contributed by atoms with E-state index in [2.05, 4.69) is 9.97 Å². The molecule has 0 radical (unpaired) electrons. The third kappa shape index (κ3) is 2.54. The Hall–Kier alpha value is -2.79. The molecule has 1 atom stereocenters. The van der Waals surface area contributed by atoms with Crippen LogP contribution in [0.25, 0.3) is 0 Å². The summed E-state index contributed by atoms with van der Waals surface area (Å²) in [6.07, 6.45) is 5.59. The molecule has 0 bridgehead atoms. The van der Waals surface area contributed by atoms with Crippen molar-refractivity contribution in [1.82, 2.24) is 9.97 Å². The van der Waals surface area contributed by atoms with Gasteiger partial charge in [-0.1, -0.05) is 30.3 Å². The summed E-state index contributed by atoms with van der Waals surface area (Å²) in [5.41, 5.74) is 0.329. The standard InChI is InChI=1S/C17H14N2O3/c1-17(21,13-5-3-2-4-6-13)14-7-15(22-10-14)16(20)12-8-18-11-19-9-12/h2-11,21H,1H3/t17-/m1/s1. The Kier molecular flexibility index (Phi) is 3.56. The summed E-state index contributed by atoms with van der Waals surface area (Å²) in [5.74, 6) is -0.184. The Morgan fingerprint density at radius 2 is 1.82 bits per heavy atom. The molecule has 1 N–H and O–H groups in total. The van der Waals surface area contributed by atoms with Crippen LogP contribution >= 0.6 is 0 Å². The van der Waals surface area contributed by atoms with Crippen molar-refractivity contribution in [2.24, 2.45) is 0 Å². The van der Waals surface area contributed by atoms with Crippen LogP contribution in [0.15, 0.2) is 65.8 Å². The molecule has 0 aliphatic carbocycles. The lowest BCUT2D eigenvalue weighted by Gasteiger charge is -2.22. The number of furan rings is 1. The molecule has 0 aliphatic rings. The van der Waals surface area contributed by atoms with Crippen molar-refractivity contribution in [3.05, 3.63) is 83.8 Å². The van der Waals surface area contributed by atoms with Crippen LogP contribution in [-0.4, -0.2) is 20.9 Å². The summed E-state index contributed by atoms with van der Waals surface area (Å²) in [6, 6.07) is 10.7. The number of hydrogen-bond acceptors (Lipinski definition) is 5. The van der Waals surface area contributed by atoms with Gasteiger partial charge >= 0.3 is 0 Å². The summed E-state index contributed by atoms with van der Waals surface area (Å²) < 4.78 is 5.32. The Balaban J connectivity index is 1.93. The minimum absolute atomic E-state index is 0.140. The van der Waals surface area contributed by atoms with E-state index in [1.165, 1.54) is 25.0 Å². The lowest BCUT2D eigenvalue weighted by molar-refractivity contribution is 0.100. The van der Waals surface area contributed by atoms with Crippen molar-refractivity contribution in [2.45, 2.75) is 12.5 Å². The zero-order valence-corrected chi connectivity index (χ0v) is 11.9. The molecule has 0 aliphatic heterocycles. The number of nitrogens with zero attached hydrogens (tertiary/aromatic N) is 2. The fourth-order valence-electron chi connectivity index (χ4n) is 2.20. The van der Waals surface area contributed by atoms with E-state index in [1.807, 2.05) is 30.3 Å². The predicted molar refractivity (Wildman–Crippen MR) is 79.3 cm³/mol. The third-order valence-corrected chi connectivity index (χ3v) is 3.54. The first-order valence-electron chi connectivity index (χ1n) is 6.75. The molecule has 2 aromatic heterocycles. The van der Waals surface area contributed by atoms with Crippen LogP contribution in [-0.2, 0) is 5.60 Å². The molecule has 22 heavy (non-hydrogen) atoms. The van der Waals surface area contributed by atoms with Gasteiger partial charge in [-0.2, -0.15) is 0 Å². The molecule has 2 heterocycles. The van der Waals surface area contributed by atoms with Gasteiger partial charge in [-0.25, -0.2) is 9.97 Å². The molecule has 3 rings (SSSR count). The topological polar surface area (TPSA) is 76.2 Å². The number of ketones is 1. The second kappa shape index (κ2) is 5.54. The number of aromatic nitrogens is 2. The van der Waals surface area contributed by atoms with E-state index in [0.29, 0.717) is 11.1 Å². The first-order valence-corrected chi connectivity index (χ1v) is 6.75. The number of aliphatic hydroxyl groups is 1.